The van der Waals surface area contributed by atoms with Crippen molar-refractivity contribution in [1.29, 1.82) is 0 Å². The third kappa shape index (κ3) is 7.88. The van der Waals surface area contributed by atoms with Crippen molar-refractivity contribution in [3.63, 3.8) is 0 Å². The standard InChI is InChI=1S/C16H21F3N2O2.ClH/c17-16(18,19)23-14-6-3-12(4-7-14)5-8-15(22)21-11-13-2-1-9-20-10-13;/h3-4,6-7,13,20H,1-2,5,8-11H2,(H,21,22);1H. The van der Waals surface area contributed by atoms with Gasteiger partial charge in [0.2, 0.25) is 5.91 Å². The van der Waals surface area contributed by atoms with Crippen LogP contribution in [-0.4, -0.2) is 31.9 Å². The summed E-state index contributed by atoms with van der Waals surface area (Å²) in [5.74, 6) is 0.188. The first-order chi connectivity index (χ1) is 10.9. The lowest BCUT2D eigenvalue weighted by Gasteiger charge is -2.22. The average molecular weight is 367 g/mol. The van der Waals surface area contributed by atoms with Gasteiger partial charge < -0.3 is 15.4 Å². The molecule has 1 aliphatic rings. The number of halogens is 4. The molecule has 0 bridgehead atoms. The summed E-state index contributed by atoms with van der Waals surface area (Å²) in [6, 6.07) is 5.60. The normalized spacial score (nSPS) is 17.7. The molecule has 1 fully saturated rings. The Labute approximate surface area is 145 Å². The van der Waals surface area contributed by atoms with Crippen LogP contribution in [0.15, 0.2) is 24.3 Å². The molecule has 2 rings (SSSR count). The first kappa shape index (κ1) is 20.6. The highest BCUT2D eigenvalue weighted by Gasteiger charge is 2.30. The van der Waals surface area contributed by atoms with E-state index in [9.17, 15) is 18.0 Å². The van der Waals surface area contributed by atoms with E-state index in [1.54, 1.807) is 12.1 Å². The van der Waals surface area contributed by atoms with E-state index in [0.29, 0.717) is 25.3 Å². The predicted octanol–water partition coefficient (Wildman–Crippen LogP) is 3.06. The molecular formula is C16H22ClF3N2O2. The molecule has 1 aromatic carbocycles. The molecule has 1 aromatic rings. The number of ether oxygens (including phenoxy) is 1. The van der Waals surface area contributed by atoms with Crippen LogP contribution in [-0.2, 0) is 11.2 Å². The van der Waals surface area contributed by atoms with Crippen LogP contribution in [0.3, 0.4) is 0 Å². The number of benzene rings is 1. The third-order valence-corrected chi connectivity index (χ3v) is 3.78. The number of hydrogen-bond acceptors (Lipinski definition) is 3. The van der Waals surface area contributed by atoms with Gasteiger partial charge in [0, 0.05) is 13.0 Å². The summed E-state index contributed by atoms with van der Waals surface area (Å²) < 4.78 is 40.0. The van der Waals surface area contributed by atoms with Crippen LogP contribution in [0.2, 0.25) is 0 Å². The van der Waals surface area contributed by atoms with Gasteiger partial charge in [-0.1, -0.05) is 12.1 Å². The van der Waals surface area contributed by atoms with Crippen LogP contribution in [0.4, 0.5) is 13.2 Å². The lowest BCUT2D eigenvalue weighted by atomic mass is 10.00. The number of carbonyl (C=O) groups excluding carboxylic acids is 1. The maximum Gasteiger partial charge on any atom is 0.573 e. The van der Waals surface area contributed by atoms with Gasteiger partial charge in [-0.3, -0.25) is 4.79 Å². The number of piperidine rings is 1. The Balaban J connectivity index is 0.00000288. The molecule has 1 aliphatic heterocycles. The van der Waals surface area contributed by atoms with E-state index in [1.807, 2.05) is 0 Å². The van der Waals surface area contributed by atoms with Crippen LogP contribution in [0, 0.1) is 5.92 Å². The molecule has 8 heteroatoms. The highest BCUT2D eigenvalue weighted by molar-refractivity contribution is 5.85. The van der Waals surface area contributed by atoms with E-state index in [1.165, 1.54) is 12.1 Å². The fourth-order valence-corrected chi connectivity index (χ4v) is 2.56. The van der Waals surface area contributed by atoms with E-state index in [2.05, 4.69) is 15.4 Å². The van der Waals surface area contributed by atoms with Crippen LogP contribution >= 0.6 is 12.4 Å². The molecule has 1 heterocycles. The monoisotopic (exact) mass is 366 g/mol. The Bertz CT molecular complexity index is 503. The molecule has 1 saturated heterocycles. The largest absolute Gasteiger partial charge is 0.573 e. The van der Waals surface area contributed by atoms with Gasteiger partial charge in [0.05, 0.1) is 0 Å². The average Bonchev–Trinajstić information content (AvgIpc) is 2.52. The topological polar surface area (TPSA) is 50.4 Å². The van der Waals surface area contributed by atoms with Crippen molar-refractivity contribution in [3.8, 4) is 5.75 Å². The van der Waals surface area contributed by atoms with Crippen LogP contribution in [0.25, 0.3) is 0 Å². The molecule has 2 N–H and O–H groups in total. The summed E-state index contributed by atoms with van der Waals surface area (Å²) in [7, 11) is 0. The summed E-state index contributed by atoms with van der Waals surface area (Å²) in [5, 5.41) is 6.21. The van der Waals surface area contributed by atoms with Crippen molar-refractivity contribution in [1.82, 2.24) is 10.6 Å². The Morgan fingerprint density at radius 3 is 2.58 bits per heavy atom. The molecule has 1 amide bonds. The van der Waals surface area contributed by atoms with Gasteiger partial charge in [-0.05, 0) is 56.0 Å². The number of amides is 1. The zero-order valence-electron chi connectivity index (χ0n) is 13.2. The zero-order chi connectivity index (χ0) is 16.7. The second-order valence-electron chi connectivity index (χ2n) is 5.71. The molecule has 1 atom stereocenters. The second kappa shape index (κ2) is 9.74. The first-order valence-corrected chi connectivity index (χ1v) is 7.74. The maximum atomic E-state index is 12.1. The van der Waals surface area contributed by atoms with Gasteiger partial charge in [0.1, 0.15) is 5.75 Å². The minimum Gasteiger partial charge on any atom is -0.406 e. The molecular weight excluding hydrogens is 345 g/mol. The lowest BCUT2D eigenvalue weighted by molar-refractivity contribution is -0.274. The van der Waals surface area contributed by atoms with E-state index in [-0.39, 0.29) is 24.1 Å². The van der Waals surface area contributed by atoms with Crippen molar-refractivity contribution >= 4 is 18.3 Å². The Morgan fingerprint density at radius 1 is 1.29 bits per heavy atom. The van der Waals surface area contributed by atoms with Crippen LogP contribution in [0.1, 0.15) is 24.8 Å². The van der Waals surface area contributed by atoms with E-state index < -0.39 is 6.36 Å². The number of carbonyl (C=O) groups is 1. The van der Waals surface area contributed by atoms with Crippen molar-refractivity contribution in [3.05, 3.63) is 29.8 Å². The number of aryl methyl sites for hydroxylation is 1. The molecule has 0 saturated carbocycles. The number of rotatable bonds is 6. The fraction of sp³-hybridized carbons (Fsp3) is 0.562. The molecule has 4 nitrogen and oxygen atoms in total. The van der Waals surface area contributed by atoms with Gasteiger partial charge in [0.15, 0.2) is 0 Å². The molecule has 136 valence electrons. The molecule has 24 heavy (non-hydrogen) atoms. The fourth-order valence-electron chi connectivity index (χ4n) is 2.56. The van der Waals surface area contributed by atoms with Crippen LogP contribution in [0.5, 0.6) is 5.75 Å². The summed E-state index contributed by atoms with van der Waals surface area (Å²) >= 11 is 0. The lowest BCUT2D eigenvalue weighted by Crippen LogP contribution is -2.38. The van der Waals surface area contributed by atoms with Gasteiger partial charge in [0.25, 0.3) is 0 Å². The molecule has 0 aromatic heterocycles. The van der Waals surface area contributed by atoms with Gasteiger partial charge in [-0.25, -0.2) is 0 Å². The SMILES string of the molecule is Cl.O=C(CCc1ccc(OC(F)(F)F)cc1)NCC1CCCNC1. The number of nitrogens with one attached hydrogen (secondary N) is 2. The predicted molar refractivity (Wildman–Crippen MR) is 87.3 cm³/mol. The minimum atomic E-state index is -4.69. The van der Waals surface area contributed by atoms with E-state index in [4.69, 9.17) is 0 Å². The Kier molecular flexibility index (Phi) is 8.35. The molecule has 1 unspecified atom stereocenters. The highest BCUT2D eigenvalue weighted by Crippen LogP contribution is 2.23. The molecule has 0 aliphatic carbocycles. The third-order valence-electron chi connectivity index (χ3n) is 3.78. The van der Waals surface area contributed by atoms with Crippen molar-refractivity contribution < 1.29 is 22.7 Å². The second-order valence-corrected chi connectivity index (χ2v) is 5.71. The van der Waals surface area contributed by atoms with Crippen LogP contribution < -0.4 is 15.4 Å². The summed E-state index contributed by atoms with van der Waals surface area (Å²) in [4.78, 5) is 11.8. The quantitative estimate of drug-likeness (QED) is 0.813. The molecule has 0 radical (unpaired) electrons. The Hall–Kier alpha value is -1.47. The zero-order valence-corrected chi connectivity index (χ0v) is 14.0. The van der Waals surface area contributed by atoms with Gasteiger partial charge in [-0.15, -0.1) is 25.6 Å². The smallest absolute Gasteiger partial charge is 0.406 e. The Morgan fingerprint density at radius 2 is 2.00 bits per heavy atom. The first-order valence-electron chi connectivity index (χ1n) is 7.74. The van der Waals surface area contributed by atoms with E-state index >= 15 is 0 Å². The highest BCUT2D eigenvalue weighted by atomic mass is 35.5. The van der Waals surface area contributed by atoms with Crippen molar-refractivity contribution in [2.75, 3.05) is 19.6 Å². The van der Waals surface area contributed by atoms with Crippen molar-refractivity contribution in [2.45, 2.75) is 32.0 Å². The van der Waals surface area contributed by atoms with Crippen molar-refractivity contribution in [2.24, 2.45) is 5.92 Å². The summed E-state index contributed by atoms with van der Waals surface area (Å²) in [5.41, 5.74) is 0.800. The van der Waals surface area contributed by atoms with Gasteiger partial charge in [-0.2, -0.15) is 0 Å². The number of hydrogen-bond donors (Lipinski definition) is 2. The maximum absolute atomic E-state index is 12.1. The van der Waals surface area contributed by atoms with Gasteiger partial charge >= 0.3 is 6.36 Å². The summed E-state index contributed by atoms with van der Waals surface area (Å²) in [6.45, 7) is 2.64. The van der Waals surface area contributed by atoms with E-state index in [0.717, 1.165) is 31.5 Å². The molecule has 0 spiro atoms. The minimum absolute atomic E-state index is 0. The number of alkyl halides is 3. The summed E-state index contributed by atoms with van der Waals surface area (Å²) in [6.07, 6.45) is -1.63.